The van der Waals surface area contributed by atoms with Crippen molar-refractivity contribution in [1.29, 1.82) is 0 Å². The molecule has 0 aromatic heterocycles. The van der Waals surface area contributed by atoms with Crippen molar-refractivity contribution in [3.8, 4) is 0 Å². The van der Waals surface area contributed by atoms with E-state index in [1.807, 2.05) is 48.7 Å². The van der Waals surface area contributed by atoms with Gasteiger partial charge >= 0.3 is 5.97 Å². The molecule has 0 bridgehead atoms. The lowest BCUT2D eigenvalue weighted by Gasteiger charge is -2.16. The number of ether oxygens (including phenoxy) is 1. The molecule has 2 N–H and O–H groups in total. The second-order valence-corrected chi connectivity index (χ2v) is 7.00. The summed E-state index contributed by atoms with van der Waals surface area (Å²) in [7, 11) is 1.28. The van der Waals surface area contributed by atoms with Crippen LogP contribution in [0.4, 0.5) is 0 Å². The van der Waals surface area contributed by atoms with Gasteiger partial charge in [-0.3, -0.25) is 9.59 Å². The number of methoxy groups -OCH3 is 1. The first-order chi connectivity index (χ1) is 13.0. The summed E-state index contributed by atoms with van der Waals surface area (Å²) in [6.45, 7) is -0.184. The molecular weight excluding hydrogens is 364 g/mol. The number of amides is 2. The molecule has 0 aliphatic rings. The fourth-order valence-electron chi connectivity index (χ4n) is 2.73. The van der Waals surface area contributed by atoms with Crippen molar-refractivity contribution in [1.82, 2.24) is 10.6 Å². The number of hydrogen-bond donors (Lipinski definition) is 2. The highest BCUT2D eigenvalue weighted by Crippen LogP contribution is 2.18. The number of esters is 1. The van der Waals surface area contributed by atoms with Crippen molar-refractivity contribution >= 4 is 40.3 Å². The van der Waals surface area contributed by atoms with Gasteiger partial charge in [-0.15, -0.1) is 0 Å². The van der Waals surface area contributed by atoms with Gasteiger partial charge in [0, 0.05) is 0 Å². The molecule has 0 radical (unpaired) electrons. The molecule has 0 saturated carbocycles. The van der Waals surface area contributed by atoms with E-state index in [1.54, 1.807) is 11.8 Å². The predicted octanol–water partition coefficient (Wildman–Crippen LogP) is 1.91. The van der Waals surface area contributed by atoms with E-state index in [2.05, 4.69) is 10.6 Å². The molecule has 2 amide bonds. The lowest BCUT2D eigenvalue weighted by atomic mass is 10.0. The van der Waals surface area contributed by atoms with Crippen molar-refractivity contribution in [2.45, 2.75) is 18.9 Å². The van der Waals surface area contributed by atoms with Crippen LogP contribution in [0.1, 0.15) is 12.0 Å². The smallest absolute Gasteiger partial charge is 0.328 e. The lowest BCUT2D eigenvalue weighted by Crippen LogP contribution is -2.46. The molecule has 0 unspecified atom stereocenters. The minimum Gasteiger partial charge on any atom is -0.467 e. The number of fused-ring (bicyclic) bond motifs is 1. The van der Waals surface area contributed by atoms with Gasteiger partial charge < -0.3 is 15.4 Å². The minimum atomic E-state index is -0.704. The van der Waals surface area contributed by atoms with Gasteiger partial charge in [0.2, 0.25) is 11.8 Å². The molecule has 0 aliphatic heterocycles. The zero-order chi connectivity index (χ0) is 19.6. The van der Waals surface area contributed by atoms with E-state index in [9.17, 15) is 14.4 Å². The monoisotopic (exact) mass is 388 g/mol. The maximum absolute atomic E-state index is 12.2. The summed E-state index contributed by atoms with van der Waals surface area (Å²) in [5.41, 5.74) is 0.901. The van der Waals surface area contributed by atoms with Crippen molar-refractivity contribution < 1.29 is 19.1 Å². The zero-order valence-electron chi connectivity index (χ0n) is 15.5. The normalized spacial score (nSPS) is 11.6. The van der Waals surface area contributed by atoms with E-state index < -0.39 is 17.9 Å². The number of rotatable bonds is 9. The maximum atomic E-state index is 12.2. The summed E-state index contributed by atoms with van der Waals surface area (Å²) in [5, 5.41) is 7.30. The second-order valence-electron chi connectivity index (χ2n) is 6.02. The average molecular weight is 388 g/mol. The maximum Gasteiger partial charge on any atom is 0.328 e. The molecule has 0 fully saturated rings. The number of carbonyl (C=O) groups excluding carboxylic acids is 3. The van der Waals surface area contributed by atoms with E-state index in [0.29, 0.717) is 12.2 Å². The Hall–Kier alpha value is -2.54. The standard InChI is InChI=1S/C20H24N2O4S/c1-26-20(25)17(10-11-27-2)22-19(24)13-21-18(23)12-15-8-5-7-14-6-3-4-9-16(14)15/h3-9,17H,10-13H2,1-2H3,(H,21,23)(H,22,24)/t17-/m1/s1. The summed E-state index contributed by atoms with van der Waals surface area (Å²) in [6.07, 6.45) is 2.58. The van der Waals surface area contributed by atoms with Crippen molar-refractivity contribution in [3.05, 3.63) is 48.0 Å². The SMILES string of the molecule is COC(=O)[C@@H](CCSC)NC(=O)CNC(=O)Cc1cccc2ccccc12. The van der Waals surface area contributed by atoms with Crippen LogP contribution in [0, 0.1) is 0 Å². The van der Waals surface area contributed by atoms with Crippen LogP contribution in [0.2, 0.25) is 0 Å². The molecule has 1 atom stereocenters. The Kier molecular flexibility index (Phi) is 8.13. The van der Waals surface area contributed by atoms with E-state index in [0.717, 1.165) is 16.3 Å². The average Bonchev–Trinajstić information content (AvgIpc) is 2.69. The zero-order valence-corrected chi connectivity index (χ0v) is 16.3. The molecule has 0 heterocycles. The molecule has 0 saturated heterocycles. The molecule has 0 spiro atoms. The van der Waals surface area contributed by atoms with Gasteiger partial charge in [0.05, 0.1) is 20.1 Å². The number of nitrogens with one attached hydrogen (secondary N) is 2. The van der Waals surface area contributed by atoms with E-state index >= 15 is 0 Å². The summed E-state index contributed by atoms with van der Waals surface area (Å²) < 4.78 is 4.71. The highest BCUT2D eigenvalue weighted by Gasteiger charge is 2.21. The van der Waals surface area contributed by atoms with E-state index in [-0.39, 0.29) is 18.9 Å². The lowest BCUT2D eigenvalue weighted by molar-refractivity contribution is -0.145. The molecule has 144 valence electrons. The molecule has 6 nitrogen and oxygen atoms in total. The van der Waals surface area contributed by atoms with Crippen molar-refractivity contribution in [2.24, 2.45) is 0 Å². The Morgan fingerprint density at radius 1 is 1.07 bits per heavy atom. The largest absolute Gasteiger partial charge is 0.467 e. The Morgan fingerprint density at radius 2 is 1.81 bits per heavy atom. The van der Waals surface area contributed by atoms with Gasteiger partial charge in [0.1, 0.15) is 6.04 Å². The molecular formula is C20H24N2O4S. The van der Waals surface area contributed by atoms with Crippen LogP contribution >= 0.6 is 11.8 Å². The Bertz CT molecular complexity index is 804. The third kappa shape index (κ3) is 6.29. The number of benzene rings is 2. The van der Waals surface area contributed by atoms with E-state index in [4.69, 9.17) is 4.74 Å². The van der Waals surface area contributed by atoms with Gasteiger partial charge in [-0.05, 0) is 34.8 Å². The molecule has 2 rings (SSSR count). The third-order valence-corrected chi connectivity index (χ3v) is 4.75. The molecule has 27 heavy (non-hydrogen) atoms. The summed E-state index contributed by atoms with van der Waals surface area (Å²) in [6, 6.07) is 12.9. The van der Waals surface area contributed by atoms with Gasteiger partial charge in [0.25, 0.3) is 0 Å². The first-order valence-electron chi connectivity index (χ1n) is 8.64. The summed E-state index contributed by atoms with van der Waals surface area (Å²) >= 11 is 1.58. The fraction of sp³-hybridized carbons (Fsp3) is 0.350. The molecule has 2 aromatic rings. The molecule has 2 aromatic carbocycles. The minimum absolute atomic E-state index is 0.182. The molecule has 7 heteroatoms. The predicted molar refractivity (Wildman–Crippen MR) is 108 cm³/mol. The quantitative estimate of drug-likeness (QED) is 0.641. The third-order valence-electron chi connectivity index (χ3n) is 4.11. The van der Waals surface area contributed by atoms with Crippen LogP contribution in [-0.4, -0.2) is 49.5 Å². The first kappa shape index (κ1) is 20.8. The van der Waals surface area contributed by atoms with Gasteiger partial charge in [0.15, 0.2) is 0 Å². The first-order valence-corrected chi connectivity index (χ1v) is 10.0. The van der Waals surface area contributed by atoms with Crippen LogP contribution in [0.15, 0.2) is 42.5 Å². The highest BCUT2D eigenvalue weighted by atomic mass is 32.2. The number of carbonyl (C=O) groups is 3. The van der Waals surface area contributed by atoms with Crippen molar-refractivity contribution in [3.63, 3.8) is 0 Å². The van der Waals surface area contributed by atoms with Gasteiger partial charge in [-0.2, -0.15) is 11.8 Å². The van der Waals surface area contributed by atoms with Crippen LogP contribution in [0.3, 0.4) is 0 Å². The van der Waals surface area contributed by atoms with Crippen LogP contribution in [-0.2, 0) is 25.5 Å². The highest BCUT2D eigenvalue weighted by molar-refractivity contribution is 7.98. The van der Waals surface area contributed by atoms with Crippen LogP contribution < -0.4 is 10.6 Å². The van der Waals surface area contributed by atoms with Crippen molar-refractivity contribution in [2.75, 3.05) is 25.7 Å². The Labute approximate surface area is 163 Å². The van der Waals surface area contributed by atoms with Gasteiger partial charge in [-0.1, -0.05) is 42.5 Å². The molecule has 0 aliphatic carbocycles. The Balaban J connectivity index is 1.88. The van der Waals surface area contributed by atoms with Crippen LogP contribution in [0.5, 0.6) is 0 Å². The fourth-order valence-corrected chi connectivity index (χ4v) is 3.20. The number of thioether (sulfide) groups is 1. The summed E-state index contributed by atoms with van der Waals surface area (Å²) in [5.74, 6) is -0.439. The van der Waals surface area contributed by atoms with E-state index in [1.165, 1.54) is 7.11 Å². The Morgan fingerprint density at radius 3 is 2.56 bits per heavy atom. The van der Waals surface area contributed by atoms with Crippen LogP contribution in [0.25, 0.3) is 10.8 Å². The second kappa shape index (κ2) is 10.6. The number of hydrogen-bond acceptors (Lipinski definition) is 5. The van der Waals surface area contributed by atoms with Gasteiger partial charge in [-0.25, -0.2) is 4.79 Å². The topological polar surface area (TPSA) is 84.5 Å². The summed E-state index contributed by atoms with van der Waals surface area (Å²) in [4.78, 5) is 36.0.